The van der Waals surface area contributed by atoms with Gasteiger partial charge in [-0.3, -0.25) is 9.10 Å². The molecule has 0 saturated carbocycles. The summed E-state index contributed by atoms with van der Waals surface area (Å²) in [6.07, 6.45) is 1.66. The van der Waals surface area contributed by atoms with Crippen LogP contribution in [-0.4, -0.2) is 26.6 Å². The van der Waals surface area contributed by atoms with E-state index in [4.69, 9.17) is 0 Å². The molecule has 1 aliphatic heterocycles. The molecule has 0 aliphatic carbocycles. The number of hydrogen-bond donors (Lipinski definition) is 1. The minimum absolute atomic E-state index is 0.0174. The minimum Gasteiger partial charge on any atom is -0.348 e. The lowest BCUT2D eigenvalue weighted by Crippen LogP contribution is -2.34. The molecule has 2 aromatic rings. The lowest BCUT2D eigenvalue weighted by atomic mass is 10.1. The topological polar surface area (TPSA) is 66.5 Å². The van der Waals surface area contributed by atoms with Crippen molar-refractivity contribution in [2.75, 3.05) is 10.6 Å². The summed E-state index contributed by atoms with van der Waals surface area (Å²) in [5.74, 6) is -1.81. The van der Waals surface area contributed by atoms with E-state index in [1.807, 2.05) is 0 Å². The molecule has 2 aromatic carbocycles. The van der Waals surface area contributed by atoms with E-state index in [0.717, 1.165) is 30.0 Å². The van der Waals surface area contributed by atoms with Crippen LogP contribution >= 0.6 is 0 Å². The van der Waals surface area contributed by atoms with Crippen LogP contribution in [0.4, 0.5) is 14.5 Å². The van der Waals surface area contributed by atoms with E-state index >= 15 is 0 Å². The van der Waals surface area contributed by atoms with Crippen LogP contribution in [0, 0.1) is 11.6 Å². The molecule has 1 aliphatic rings. The number of anilines is 1. The number of halogens is 2. The van der Waals surface area contributed by atoms with Crippen LogP contribution in [0.3, 0.4) is 0 Å². The molecule has 26 heavy (non-hydrogen) atoms. The summed E-state index contributed by atoms with van der Waals surface area (Å²) in [5, 5.41) is 2.61. The highest BCUT2D eigenvalue weighted by Crippen LogP contribution is 2.34. The van der Waals surface area contributed by atoms with Crippen molar-refractivity contribution >= 4 is 21.6 Å². The fourth-order valence-corrected chi connectivity index (χ4v) is 4.51. The van der Waals surface area contributed by atoms with Crippen molar-refractivity contribution in [3.63, 3.8) is 0 Å². The molecule has 138 valence electrons. The van der Waals surface area contributed by atoms with E-state index in [0.29, 0.717) is 23.2 Å². The molecular formula is C18H18F2N2O3S. The first-order chi connectivity index (χ1) is 12.1. The maximum Gasteiger partial charge on any atom is 0.251 e. The minimum atomic E-state index is -3.39. The van der Waals surface area contributed by atoms with Gasteiger partial charge in [0, 0.05) is 24.2 Å². The lowest BCUT2D eigenvalue weighted by molar-refractivity contribution is 0.0950. The van der Waals surface area contributed by atoms with E-state index in [2.05, 4.69) is 5.32 Å². The molecule has 8 heteroatoms. The van der Waals surface area contributed by atoms with E-state index in [1.165, 1.54) is 10.4 Å². The number of nitrogens with zero attached hydrogens (tertiary/aromatic N) is 1. The van der Waals surface area contributed by atoms with Gasteiger partial charge >= 0.3 is 0 Å². The average Bonchev–Trinajstić information content (AvgIpc) is 2.86. The van der Waals surface area contributed by atoms with Gasteiger partial charge in [-0.25, -0.2) is 17.2 Å². The Balaban J connectivity index is 1.77. The Hall–Kier alpha value is -2.48. The highest BCUT2D eigenvalue weighted by Gasteiger charge is 2.32. The molecule has 1 N–H and O–H groups in total. The van der Waals surface area contributed by atoms with Gasteiger partial charge in [0.05, 0.1) is 11.9 Å². The Morgan fingerprint density at radius 3 is 2.46 bits per heavy atom. The van der Waals surface area contributed by atoms with Crippen molar-refractivity contribution in [1.29, 1.82) is 0 Å². The SMILES string of the molecule is CC1Cc2cc(C(=O)NCc3cc(F)cc(F)c3)ccc2N1S(C)(=O)=O. The van der Waals surface area contributed by atoms with Crippen LogP contribution in [0.2, 0.25) is 0 Å². The van der Waals surface area contributed by atoms with Crippen molar-refractivity contribution in [1.82, 2.24) is 5.32 Å². The number of hydrogen-bond acceptors (Lipinski definition) is 3. The third-order valence-electron chi connectivity index (χ3n) is 4.23. The maximum absolute atomic E-state index is 13.2. The van der Waals surface area contributed by atoms with Crippen LogP contribution in [0.1, 0.15) is 28.4 Å². The predicted octanol–water partition coefficient (Wildman–Crippen LogP) is 2.61. The molecule has 0 bridgehead atoms. The smallest absolute Gasteiger partial charge is 0.251 e. The zero-order valence-corrected chi connectivity index (χ0v) is 15.1. The maximum atomic E-state index is 13.2. The van der Waals surface area contributed by atoms with Gasteiger partial charge in [0.2, 0.25) is 10.0 Å². The molecule has 5 nitrogen and oxygen atoms in total. The Labute approximate surface area is 150 Å². The van der Waals surface area contributed by atoms with Crippen molar-refractivity contribution in [3.05, 3.63) is 64.7 Å². The second-order valence-corrected chi connectivity index (χ2v) is 8.28. The van der Waals surface area contributed by atoms with Gasteiger partial charge < -0.3 is 5.32 Å². The number of sulfonamides is 1. The average molecular weight is 380 g/mol. The zero-order valence-electron chi connectivity index (χ0n) is 14.3. The van der Waals surface area contributed by atoms with Crippen LogP contribution in [0.5, 0.6) is 0 Å². The Morgan fingerprint density at radius 1 is 1.19 bits per heavy atom. The fraction of sp³-hybridized carbons (Fsp3) is 0.278. The predicted molar refractivity (Wildman–Crippen MR) is 94.5 cm³/mol. The first-order valence-electron chi connectivity index (χ1n) is 8.00. The van der Waals surface area contributed by atoms with Crippen molar-refractivity contribution in [2.24, 2.45) is 0 Å². The van der Waals surface area contributed by atoms with Crippen molar-refractivity contribution < 1.29 is 22.0 Å². The van der Waals surface area contributed by atoms with Gasteiger partial charge in [-0.05, 0) is 54.8 Å². The first-order valence-corrected chi connectivity index (χ1v) is 9.85. The van der Waals surface area contributed by atoms with E-state index in [9.17, 15) is 22.0 Å². The second-order valence-electron chi connectivity index (χ2n) is 6.42. The molecule has 1 atom stereocenters. The third kappa shape index (κ3) is 3.70. The second kappa shape index (κ2) is 6.68. The molecule has 0 spiro atoms. The number of carbonyl (C=O) groups is 1. The Morgan fingerprint density at radius 2 is 1.85 bits per heavy atom. The Bertz CT molecular complexity index is 956. The van der Waals surface area contributed by atoms with Gasteiger partial charge in [0.15, 0.2) is 0 Å². The monoisotopic (exact) mass is 380 g/mol. The quantitative estimate of drug-likeness (QED) is 0.887. The molecule has 0 aromatic heterocycles. The molecule has 0 fully saturated rings. The van der Waals surface area contributed by atoms with Crippen molar-refractivity contribution in [2.45, 2.75) is 25.9 Å². The summed E-state index contributed by atoms with van der Waals surface area (Å²) in [6, 6.07) is 7.65. The molecule has 1 unspecified atom stereocenters. The van der Waals surface area contributed by atoms with E-state index in [1.54, 1.807) is 19.1 Å². The van der Waals surface area contributed by atoms with E-state index < -0.39 is 27.6 Å². The van der Waals surface area contributed by atoms with Crippen LogP contribution in [0.25, 0.3) is 0 Å². The zero-order chi connectivity index (χ0) is 19.1. The van der Waals surface area contributed by atoms with Crippen LogP contribution < -0.4 is 9.62 Å². The molecule has 3 rings (SSSR count). The number of carbonyl (C=O) groups excluding carboxylic acids is 1. The summed E-state index contributed by atoms with van der Waals surface area (Å²) in [5.41, 5.74) is 2.02. The molecular weight excluding hydrogens is 362 g/mol. The van der Waals surface area contributed by atoms with Gasteiger partial charge in [0.25, 0.3) is 5.91 Å². The third-order valence-corrected chi connectivity index (χ3v) is 5.50. The highest BCUT2D eigenvalue weighted by molar-refractivity contribution is 7.92. The standard InChI is InChI=1S/C18H18F2N2O3S/c1-11-5-14-8-13(3-4-17(14)22(11)26(2,24)25)18(23)21-10-12-6-15(19)9-16(20)7-12/h3-4,6-9,11H,5,10H2,1-2H3,(H,21,23). The number of rotatable bonds is 4. The van der Waals surface area contributed by atoms with Gasteiger partial charge in [0.1, 0.15) is 11.6 Å². The lowest BCUT2D eigenvalue weighted by Gasteiger charge is -2.21. The highest BCUT2D eigenvalue weighted by atomic mass is 32.2. The van der Waals surface area contributed by atoms with Crippen LogP contribution in [0.15, 0.2) is 36.4 Å². The Kier molecular flexibility index (Phi) is 4.70. The number of nitrogens with one attached hydrogen (secondary N) is 1. The largest absolute Gasteiger partial charge is 0.348 e. The number of amides is 1. The summed E-state index contributed by atoms with van der Waals surface area (Å²) in [6.45, 7) is 1.79. The fourth-order valence-electron chi connectivity index (χ4n) is 3.25. The molecule has 1 heterocycles. The van der Waals surface area contributed by atoms with Crippen LogP contribution in [-0.2, 0) is 23.0 Å². The van der Waals surface area contributed by atoms with Gasteiger partial charge in [-0.15, -0.1) is 0 Å². The van der Waals surface area contributed by atoms with Gasteiger partial charge in [-0.1, -0.05) is 0 Å². The molecule has 1 amide bonds. The summed E-state index contributed by atoms with van der Waals surface area (Å²) in [7, 11) is -3.39. The summed E-state index contributed by atoms with van der Waals surface area (Å²) >= 11 is 0. The molecule has 0 radical (unpaired) electrons. The number of fused-ring (bicyclic) bond motifs is 1. The molecule has 0 saturated heterocycles. The van der Waals surface area contributed by atoms with Crippen molar-refractivity contribution in [3.8, 4) is 0 Å². The van der Waals surface area contributed by atoms with Gasteiger partial charge in [-0.2, -0.15) is 0 Å². The first kappa shape index (κ1) is 18.3. The normalized spacial score (nSPS) is 16.5. The van der Waals surface area contributed by atoms with E-state index in [-0.39, 0.29) is 12.6 Å². The summed E-state index contributed by atoms with van der Waals surface area (Å²) < 4.78 is 51.6. The summed E-state index contributed by atoms with van der Waals surface area (Å²) in [4.78, 5) is 12.3. The number of benzene rings is 2.